The fourth-order valence-corrected chi connectivity index (χ4v) is 2.36. The average molecular weight is 320 g/mol. The van der Waals surface area contributed by atoms with Gasteiger partial charge in [-0.2, -0.15) is 0 Å². The lowest BCUT2D eigenvalue weighted by atomic mass is 9.96. The van der Waals surface area contributed by atoms with E-state index in [2.05, 4.69) is 0 Å². The molecule has 0 N–H and O–H groups in total. The molecule has 0 aliphatic rings. The SMILES string of the molecule is Cc1ccc(OCCF)cc1-c1cc(OCCCF)ccc1C. The second-order valence-electron chi connectivity index (χ2n) is 5.38. The van der Waals surface area contributed by atoms with Gasteiger partial charge >= 0.3 is 0 Å². The first-order chi connectivity index (χ1) is 11.2. The van der Waals surface area contributed by atoms with Gasteiger partial charge in [0, 0.05) is 6.42 Å². The Labute approximate surface area is 136 Å². The highest BCUT2D eigenvalue weighted by Crippen LogP contribution is 2.32. The van der Waals surface area contributed by atoms with Crippen molar-refractivity contribution in [2.24, 2.45) is 0 Å². The lowest BCUT2D eigenvalue weighted by molar-refractivity contribution is 0.273. The largest absolute Gasteiger partial charge is 0.493 e. The van der Waals surface area contributed by atoms with Gasteiger partial charge in [-0.15, -0.1) is 0 Å². The maximum absolute atomic E-state index is 12.3. The van der Waals surface area contributed by atoms with E-state index in [1.807, 2.05) is 50.2 Å². The van der Waals surface area contributed by atoms with Crippen LogP contribution in [0, 0.1) is 13.8 Å². The zero-order chi connectivity index (χ0) is 16.7. The molecule has 0 spiro atoms. The molecule has 0 fully saturated rings. The zero-order valence-electron chi connectivity index (χ0n) is 13.6. The lowest BCUT2D eigenvalue weighted by Crippen LogP contribution is -2.00. The van der Waals surface area contributed by atoms with Gasteiger partial charge in [-0.1, -0.05) is 12.1 Å². The van der Waals surface area contributed by atoms with Crippen molar-refractivity contribution in [2.75, 3.05) is 26.6 Å². The summed E-state index contributed by atoms with van der Waals surface area (Å²) in [7, 11) is 0. The number of benzene rings is 2. The molecular formula is C19H22F2O2. The van der Waals surface area contributed by atoms with Crippen LogP contribution < -0.4 is 9.47 Å². The Hall–Kier alpha value is -2.10. The van der Waals surface area contributed by atoms with Gasteiger partial charge in [-0.25, -0.2) is 4.39 Å². The van der Waals surface area contributed by atoms with E-state index in [4.69, 9.17) is 9.47 Å². The van der Waals surface area contributed by atoms with E-state index in [1.165, 1.54) is 0 Å². The monoisotopic (exact) mass is 320 g/mol. The van der Waals surface area contributed by atoms with Crippen LogP contribution in [0.4, 0.5) is 8.78 Å². The van der Waals surface area contributed by atoms with Gasteiger partial charge in [-0.3, -0.25) is 4.39 Å². The Morgan fingerprint density at radius 2 is 1.26 bits per heavy atom. The highest BCUT2D eigenvalue weighted by Gasteiger charge is 2.09. The van der Waals surface area contributed by atoms with Crippen molar-refractivity contribution in [3.05, 3.63) is 47.5 Å². The van der Waals surface area contributed by atoms with Crippen LogP contribution in [0.5, 0.6) is 11.5 Å². The summed E-state index contributed by atoms with van der Waals surface area (Å²) < 4.78 is 35.4. The fourth-order valence-electron chi connectivity index (χ4n) is 2.36. The first-order valence-corrected chi connectivity index (χ1v) is 7.75. The predicted molar refractivity (Wildman–Crippen MR) is 88.9 cm³/mol. The number of hydrogen-bond donors (Lipinski definition) is 0. The minimum absolute atomic E-state index is 0.0495. The van der Waals surface area contributed by atoms with Gasteiger partial charge in [0.2, 0.25) is 0 Å². The Balaban J connectivity index is 2.30. The highest BCUT2D eigenvalue weighted by molar-refractivity contribution is 5.73. The predicted octanol–water partition coefficient (Wildman–Crippen LogP) is 5.06. The van der Waals surface area contributed by atoms with Crippen molar-refractivity contribution < 1.29 is 18.3 Å². The molecule has 0 radical (unpaired) electrons. The molecule has 0 aromatic heterocycles. The van der Waals surface area contributed by atoms with Crippen molar-refractivity contribution in [1.82, 2.24) is 0 Å². The van der Waals surface area contributed by atoms with E-state index in [0.29, 0.717) is 24.5 Å². The van der Waals surface area contributed by atoms with Crippen LogP contribution in [0.3, 0.4) is 0 Å². The molecule has 0 aliphatic carbocycles. The number of ether oxygens (including phenoxy) is 2. The molecule has 2 nitrogen and oxygen atoms in total. The first-order valence-electron chi connectivity index (χ1n) is 7.75. The maximum atomic E-state index is 12.3. The lowest BCUT2D eigenvalue weighted by Gasteiger charge is -2.14. The number of hydrogen-bond acceptors (Lipinski definition) is 2. The minimum Gasteiger partial charge on any atom is -0.493 e. The van der Waals surface area contributed by atoms with Crippen molar-refractivity contribution in [1.29, 1.82) is 0 Å². The quantitative estimate of drug-likeness (QED) is 0.633. The van der Waals surface area contributed by atoms with Crippen LogP contribution in [0.2, 0.25) is 0 Å². The molecule has 4 heteroatoms. The van der Waals surface area contributed by atoms with E-state index >= 15 is 0 Å². The fraction of sp³-hybridized carbons (Fsp3) is 0.368. The van der Waals surface area contributed by atoms with Gasteiger partial charge in [0.05, 0.1) is 13.3 Å². The third kappa shape index (κ3) is 4.68. The molecule has 0 saturated heterocycles. The summed E-state index contributed by atoms with van der Waals surface area (Å²) in [4.78, 5) is 0. The Bertz CT molecular complexity index is 641. The van der Waals surface area contributed by atoms with Crippen LogP contribution in [0.15, 0.2) is 36.4 Å². The maximum Gasteiger partial charge on any atom is 0.123 e. The molecule has 0 saturated carbocycles. The second-order valence-corrected chi connectivity index (χ2v) is 5.38. The van der Waals surface area contributed by atoms with E-state index in [0.717, 1.165) is 22.3 Å². The van der Waals surface area contributed by atoms with E-state index < -0.39 is 6.67 Å². The van der Waals surface area contributed by atoms with Crippen LogP contribution in [-0.2, 0) is 0 Å². The number of rotatable bonds is 8. The van der Waals surface area contributed by atoms with Crippen molar-refractivity contribution in [3.63, 3.8) is 0 Å². The van der Waals surface area contributed by atoms with Crippen molar-refractivity contribution in [2.45, 2.75) is 20.3 Å². The van der Waals surface area contributed by atoms with Crippen LogP contribution in [0.25, 0.3) is 11.1 Å². The third-order valence-corrected chi connectivity index (χ3v) is 3.60. The average Bonchev–Trinajstić information content (AvgIpc) is 2.56. The normalized spacial score (nSPS) is 10.6. The van der Waals surface area contributed by atoms with Crippen LogP contribution in [-0.4, -0.2) is 26.6 Å². The molecule has 23 heavy (non-hydrogen) atoms. The summed E-state index contributed by atoms with van der Waals surface area (Å²) in [5.74, 6) is 1.36. The number of halogens is 2. The summed E-state index contributed by atoms with van der Waals surface area (Å²) in [6.07, 6.45) is 0.384. The van der Waals surface area contributed by atoms with E-state index in [1.54, 1.807) is 0 Å². The molecule has 0 bridgehead atoms. The minimum atomic E-state index is -0.514. The van der Waals surface area contributed by atoms with Gasteiger partial charge in [0.1, 0.15) is 24.8 Å². The molecule has 124 valence electrons. The summed E-state index contributed by atoms with van der Waals surface area (Å²) in [5, 5.41) is 0. The Morgan fingerprint density at radius 1 is 0.739 bits per heavy atom. The standard InChI is InChI=1S/C19H22F2O2/c1-14-4-6-16(22-10-3-8-20)12-18(14)19-13-17(23-11-9-21)7-5-15(19)2/h4-7,12-13H,3,8-11H2,1-2H3. The number of alkyl halides is 2. The van der Waals surface area contributed by atoms with Crippen LogP contribution >= 0.6 is 0 Å². The molecule has 0 amide bonds. The topological polar surface area (TPSA) is 18.5 Å². The second kappa shape index (κ2) is 8.51. The molecule has 0 heterocycles. The summed E-state index contributed by atoms with van der Waals surface area (Å²) in [6.45, 7) is 3.55. The van der Waals surface area contributed by atoms with Gasteiger partial charge in [-0.05, 0) is 60.4 Å². The molecular weight excluding hydrogens is 298 g/mol. The van der Waals surface area contributed by atoms with E-state index in [9.17, 15) is 8.78 Å². The molecule has 2 rings (SSSR count). The van der Waals surface area contributed by atoms with Gasteiger partial charge in [0.15, 0.2) is 0 Å². The number of aryl methyl sites for hydroxylation is 2. The first kappa shape index (κ1) is 17.3. The Kier molecular flexibility index (Phi) is 6.39. The van der Waals surface area contributed by atoms with Gasteiger partial charge in [0.25, 0.3) is 0 Å². The van der Waals surface area contributed by atoms with Crippen molar-refractivity contribution in [3.8, 4) is 22.6 Å². The molecule has 0 atom stereocenters. The van der Waals surface area contributed by atoms with Gasteiger partial charge < -0.3 is 9.47 Å². The molecule has 2 aromatic rings. The molecule has 2 aromatic carbocycles. The van der Waals surface area contributed by atoms with Crippen molar-refractivity contribution >= 4 is 0 Å². The van der Waals surface area contributed by atoms with Crippen LogP contribution in [0.1, 0.15) is 17.5 Å². The Morgan fingerprint density at radius 3 is 1.74 bits per heavy atom. The zero-order valence-corrected chi connectivity index (χ0v) is 13.6. The summed E-state index contributed by atoms with van der Waals surface area (Å²) >= 11 is 0. The smallest absolute Gasteiger partial charge is 0.123 e. The molecule has 0 unspecified atom stereocenters. The third-order valence-electron chi connectivity index (χ3n) is 3.60. The highest BCUT2D eigenvalue weighted by atomic mass is 19.1. The summed E-state index contributed by atoms with van der Waals surface area (Å²) in [6, 6.07) is 11.5. The van der Waals surface area contributed by atoms with E-state index in [-0.39, 0.29) is 13.3 Å². The molecule has 0 aliphatic heterocycles. The summed E-state index contributed by atoms with van der Waals surface area (Å²) in [5.41, 5.74) is 4.26.